The van der Waals surface area contributed by atoms with E-state index >= 15 is 0 Å². The molecule has 0 radical (unpaired) electrons. The molecule has 1 N–H and O–H groups in total. The first-order valence-electron chi connectivity index (χ1n) is 4.39. The van der Waals surface area contributed by atoms with Gasteiger partial charge in [0.05, 0.1) is 21.3 Å². The van der Waals surface area contributed by atoms with E-state index in [1.807, 2.05) is 12.1 Å². The lowest BCUT2D eigenvalue weighted by atomic mass is 10.2. The number of hydrogen-bond donors (Lipinski definition) is 1. The minimum atomic E-state index is 0.622. The van der Waals surface area contributed by atoms with Gasteiger partial charge in [-0.25, -0.2) is 0 Å². The van der Waals surface area contributed by atoms with Crippen LogP contribution in [0.5, 0.6) is 17.2 Å². The Morgan fingerprint density at radius 1 is 1.07 bits per heavy atom. The minimum absolute atomic E-state index is 0.622. The van der Waals surface area contributed by atoms with Crippen molar-refractivity contribution in [2.75, 3.05) is 21.3 Å². The van der Waals surface area contributed by atoms with E-state index in [1.54, 1.807) is 21.3 Å². The molecule has 0 bridgehead atoms. The predicted octanol–water partition coefficient (Wildman–Crippen LogP) is 2.15. The average Bonchev–Trinajstić information content (AvgIpc) is 2.28. The topological polar surface area (TPSA) is 39.7 Å². The van der Waals surface area contributed by atoms with Crippen molar-refractivity contribution < 1.29 is 14.2 Å². The Labute approximate surface area is 103 Å². The summed E-state index contributed by atoms with van der Waals surface area (Å²) in [6.07, 6.45) is 0. The van der Waals surface area contributed by atoms with Crippen LogP contribution >= 0.6 is 22.9 Å². The van der Waals surface area contributed by atoms with Gasteiger partial charge in [-0.2, -0.15) is 0 Å². The van der Waals surface area contributed by atoms with E-state index in [4.69, 9.17) is 14.2 Å². The molecule has 0 atom stereocenters. The van der Waals surface area contributed by atoms with Crippen LogP contribution in [0.3, 0.4) is 0 Å². The molecule has 5 heteroatoms. The lowest BCUT2D eigenvalue weighted by Crippen LogP contribution is -2.01. The molecule has 0 unspecified atom stereocenters. The second-order valence-corrected chi connectivity index (χ2v) is 3.61. The SMILES string of the molecule is COc1cc(CNI)cc(OC)c1OC. The molecule has 1 aromatic rings. The summed E-state index contributed by atoms with van der Waals surface area (Å²) in [4.78, 5) is 0. The highest BCUT2D eigenvalue weighted by Gasteiger charge is 2.12. The van der Waals surface area contributed by atoms with Gasteiger partial charge in [0.25, 0.3) is 0 Å². The van der Waals surface area contributed by atoms with E-state index in [-0.39, 0.29) is 0 Å². The molecular weight excluding hydrogens is 309 g/mol. The quantitative estimate of drug-likeness (QED) is 0.666. The van der Waals surface area contributed by atoms with Crippen LogP contribution in [-0.4, -0.2) is 21.3 Å². The van der Waals surface area contributed by atoms with Crippen LogP contribution in [0.4, 0.5) is 0 Å². The highest BCUT2D eigenvalue weighted by molar-refractivity contribution is 14.1. The maximum absolute atomic E-state index is 5.23. The molecule has 4 nitrogen and oxygen atoms in total. The standard InChI is InChI=1S/C10H14INO3/c1-13-8-4-7(6-12-11)5-9(14-2)10(8)15-3/h4-5,12H,6H2,1-3H3. The smallest absolute Gasteiger partial charge is 0.203 e. The summed E-state index contributed by atoms with van der Waals surface area (Å²) in [6.45, 7) is 0.747. The molecule has 84 valence electrons. The van der Waals surface area contributed by atoms with Crippen molar-refractivity contribution in [2.45, 2.75) is 6.54 Å². The number of nitrogens with one attached hydrogen (secondary N) is 1. The molecule has 0 saturated heterocycles. The molecule has 0 amide bonds. The van der Waals surface area contributed by atoms with E-state index < -0.39 is 0 Å². The Hall–Kier alpha value is -0.690. The Balaban J connectivity index is 3.16. The molecule has 0 spiro atoms. The number of ether oxygens (including phenoxy) is 3. The number of benzene rings is 1. The molecular formula is C10H14INO3. The monoisotopic (exact) mass is 323 g/mol. The lowest BCUT2D eigenvalue weighted by Gasteiger charge is -2.13. The van der Waals surface area contributed by atoms with Gasteiger partial charge in [0.2, 0.25) is 5.75 Å². The summed E-state index contributed by atoms with van der Waals surface area (Å²) in [5.74, 6) is 1.98. The highest BCUT2D eigenvalue weighted by Crippen LogP contribution is 2.38. The van der Waals surface area contributed by atoms with Crippen LogP contribution in [0.1, 0.15) is 5.56 Å². The predicted molar refractivity (Wildman–Crippen MR) is 67.0 cm³/mol. The van der Waals surface area contributed by atoms with Gasteiger partial charge in [0.15, 0.2) is 11.5 Å². The molecule has 0 aliphatic heterocycles. The fraction of sp³-hybridized carbons (Fsp3) is 0.400. The molecule has 1 aromatic carbocycles. The molecule has 1 rings (SSSR count). The zero-order valence-electron chi connectivity index (χ0n) is 8.96. The maximum Gasteiger partial charge on any atom is 0.203 e. The molecule has 0 heterocycles. The van der Waals surface area contributed by atoms with Gasteiger partial charge in [-0.1, -0.05) is 0 Å². The summed E-state index contributed by atoms with van der Waals surface area (Å²) in [5.41, 5.74) is 1.08. The zero-order valence-corrected chi connectivity index (χ0v) is 11.1. The van der Waals surface area contributed by atoms with E-state index in [1.165, 1.54) is 0 Å². The van der Waals surface area contributed by atoms with Crippen LogP contribution in [0, 0.1) is 0 Å². The molecule has 15 heavy (non-hydrogen) atoms. The number of hydrogen-bond acceptors (Lipinski definition) is 4. The fourth-order valence-corrected chi connectivity index (χ4v) is 1.75. The molecule has 0 saturated carbocycles. The van der Waals surface area contributed by atoms with Gasteiger partial charge in [-0.05, 0) is 17.7 Å². The van der Waals surface area contributed by atoms with Crippen molar-refractivity contribution in [3.63, 3.8) is 0 Å². The summed E-state index contributed by atoms with van der Waals surface area (Å²) >= 11 is 2.09. The largest absolute Gasteiger partial charge is 0.493 e. The normalized spacial score (nSPS) is 9.87. The third-order valence-corrected chi connectivity index (χ3v) is 2.38. The van der Waals surface area contributed by atoms with Crippen LogP contribution < -0.4 is 17.7 Å². The van der Waals surface area contributed by atoms with E-state index in [0.717, 1.165) is 12.1 Å². The Bertz CT molecular complexity index is 305. The van der Waals surface area contributed by atoms with Crippen LogP contribution in [0.25, 0.3) is 0 Å². The number of methoxy groups -OCH3 is 3. The Morgan fingerprint density at radius 3 is 1.93 bits per heavy atom. The van der Waals surface area contributed by atoms with Crippen molar-refractivity contribution in [2.24, 2.45) is 0 Å². The lowest BCUT2D eigenvalue weighted by molar-refractivity contribution is 0.324. The second kappa shape index (κ2) is 6.02. The second-order valence-electron chi connectivity index (χ2n) is 2.84. The van der Waals surface area contributed by atoms with E-state index in [0.29, 0.717) is 17.2 Å². The van der Waals surface area contributed by atoms with Crippen molar-refractivity contribution in [3.8, 4) is 17.2 Å². The van der Waals surface area contributed by atoms with Gasteiger partial charge in [-0.15, -0.1) is 0 Å². The van der Waals surface area contributed by atoms with Crippen molar-refractivity contribution in [1.82, 2.24) is 3.53 Å². The zero-order chi connectivity index (χ0) is 11.3. The summed E-state index contributed by atoms with van der Waals surface area (Å²) < 4.78 is 18.7. The van der Waals surface area contributed by atoms with Gasteiger partial charge >= 0.3 is 0 Å². The van der Waals surface area contributed by atoms with E-state index in [9.17, 15) is 0 Å². The Morgan fingerprint density at radius 2 is 1.60 bits per heavy atom. The fourth-order valence-electron chi connectivity index (χ4n) is 1.31. The summed E-state index contributed by atoms with van der Waals surface area (Å²) in [5, 5.41) is 0. The Kier molecular flexibility index (Phi) is 4.97. The van der Waals surface area contributed by atoms with Crippen molar-refractivity contribution in [1.29, 1.82) is 0 Å². The number of halogens is 1. The van der Waals surface area contributed by atoms with Crippen LogP contribution in [0.15, 0.2) is 12.1 Å². The van der Waals surface area contributed by atoms with Crippen molar-refractivity contribution >= 4 is 22.9 Å². The van der Waals surface area contributed by atoms with Gasteiger partial charge < -0.3 is 14.2 Å². The number of rotatable bonds is 5. The third-order valence-electron chi connectivity index (χ3n) is 2.00. The highest BCUT2D eigenvalue weighted by atomic mass is 127. The molecule has 0 aromatic heterocycles. The van der Waals surface area contributed by atoms with Gasteiger partial charge in [0, 0.05) is 29.4 Å². The first-order chi connectivity index (χ1) is 7.26. The molecule has 0 fully saturated rings. The third kappa shape index (κ3) is 2.88. The van der Waals surface area contributed by atoms with Gasteiger partial charge in [0.1, 0.15) is 0 Å². The molecule has 0 aliphatic carbocycles. The minimum Gasteiger partial charge on any atom is -0.493 e. The first kappa shape index (κ1) is 12.4. The van der Waals surface area contributed by atoms with Crippen molar-refractivity contribution in [3.05, 3.63) is 17.7 Å². The van der Waals surface area contributed by atoms with Gasteiger partial charge in [-0.3, -0.25) is 3.53 Å². The molecule has 0 aliphatic rings. The van der Waals surface area contributed by atoms with E-state index in [2.05, 4.69) is 26.4 Å². The average molecular weight is 323 g/mol. The summed E-state index contributed by atoms with van der Waals surface area (Å²) in [6, 6.07) is 3.85. The van der Waals surface area contributed by atoms with Crippen LogP contribution in [-0.2, 0) is 6.54 Å². The maximum atomic E-state index is 5.23. The summed E-state index contributed by atoms with van der Waals surface area (Å²) in [7, 11) is 4.81. The van der Waals surface area contributed by atoms with Crippen LogP contribution in [0.2, 0.25) is 0 Å². The first-order valence-corrected chi connectivity index (χ1v) is 5.47.